The van der Waals surface area contributed by atoms with E-state index < -0.39 is 12.0 Å². The Morgan fingerprint density at radius 2 is 2.08 bits per heavy atom. The van der Waals surface area contributed by atoms with Gasteiger partial charge in [0.1, 0.15) is 11.4 Å². The van der Waals surface area contributed by atoms with Gasteiger partial charge in [0, 0.05) is 30.4 Å². The Labute approximate surface area is 143 Å². The first kappa shape index (κ1) is 17.7. The number of halogens is 3. The first-order valence-electron chi connectivity index (χ1n) is 7.87. The van der Waals surface area contributed by atoms with E-state index in [1.807, 2.05) is 19.0 Å². The van der Waals surface area contributed by atoms with E-state index in [-0.39, 0.29) is 11.7 Å². The molecule has 1 aliphatic carbocycles. The Hall–Kier alpha value is -2.12. The number of pyridine rings is 1. The summed E-state index contributed by atoms with van der Waals surface area (Å²) < 4.78 is 41.4. The third kappa shape index (κ3) is 3.48. The minimum Gasteiger partial charge on any atom is -0.406 e. The van der Waals surface area contributed by atoms with Gasteiger partial charge in [0.25, 0.3) is 0 Å². The summed E-state index contributed by atoms with van der Waals surface area (Å²) in [5.74, 6) is -0.479. The molecular weight excluding hydrogens is 333 g/mol. The molecule has 2 atom stereocenters. The third-order valence-corrected chi connectivity index (χ3v) is 4.47. The van der Waals surface area contributed by atoms with Gasteiger partial charge in [0.15, 0.2) is 0 Å². The van der Waals surface area contributed by atoms with Gasteiger partial charge in [-0.15, -0.1) is 13.2 Å². The number of nitrogens with zero attached hydrogens (tertiary/aromatic N) is 2. The number of ether oxygens (including phenoxy) is 1. The molecule has 25 heavy (non-hydrogen) atoms. The number of aromatic nitrogens is 1. The molecule has 0 radical (unpaired) electrons. The molecule has 2 unspecified atom stereocenters. The van der Waals surface area contributed by atoms with Crippen LogP contribution >= 0.6 is 0 Å². The van der Waals surface area contributed by atoms with Gasteiger partial charge < -0.3 is 14.7 Å². The lowest BCUT2D eigenvalue weighted by Crippen LogP contribution is -2.38. The standard InChI is InChI=1S/C18H19F3N2O2/c1-23(2)11-14-8-12-9-15(25-18(19,20)21)5-6-16(12)17(14,24)13-4-3-7-22-10-13/h3-7,9-10,14,24H,8,11H2,1-2H3. The van der Waals surface area contributed by atoms with Crippen molar-refractivity contribution in [1.29, 1.82) is 0 Å². The number of aliphatic hydroxyl groups is 1. The van der Waals surface area contributed by atoms with Crippen LogP contribution in [0.15, 0.2) is 42.7 Å². The molecule has 0 aliphatic heterocycles. The summed E-state index contributed by atoms with van der Waals surface area (Å²) in [6.45, 7) is 0.579. The lowest BCUT2D eigenvalue weighted by molar-refractivity contribution is -0.274. The highest BCUT2D eigenvalue weighted by atomic mass is 19.4. The molecule has 1 aromatic carbocycles. The van der Waals surface area contributed by atoms with Crippen LogP contribution in [0.4, 0.5) is 13.2 Å². The van der Waals surface area contributed by atoms with E-state index in [1.165, 1.54) is 18.2 Å². The minimum atomic E-state index is -4.74. The van der Waals surface area contributed by atoms with E-state index in [4.69, 9.17) is 0 Å². The van der Waals surface area contributed by atoms with Crippen LogP contribution in [0, 0.1) is 5.92 Å². The van der Waals surface area contributed by atoms with Crippen LogP contribution < -0.4 is 4.74 Å². The summed E-state index contributed by atoms with van der Waals surface area (Å²) in [4.78, 5) is 6.03. The van der Waals surface area contributed by atoms with E-state index in [1.54, 1.807) is 24.5 Å². The second kappa shape index (κ2) is 6.31. The molecule has 0 bridgehead atoms. The van der Waals surface area contributed by atoms with Gasteiger partial charge in [-0.2, -0.15) is 0 Å². The summed E-state index contributed by atoms with van der Waals surface area (Å²) in [6, 6.07) is 7.63. The number of fused-ring (bicyclic) bond motifs is 1. The van der Waals surface area contributed by atoms with Gasteiger partial charge in [-0.3, -0.25) is 4.98 Å². The van der Waals surface area contributed by atoms with Crippen molar-refractivity contribution >= 4 is 0 Å². The molecule has 2 aromatic rings. The van der Waals surface area contributed by atoms with Gasteiger partial charge in [-0.05, 0) is 49.8 Å². The predicted octanol–water partition coefficient (Wildman–Crippen LogP) is 2.95. The van der Waals surface area contributed by atoms with Crippen LogP contribution in [0.25, 0.3) is 0 Å². The lowest BCUT2D eigenvalue weighted by Gasteiger charge is -2.33. The van der Waals surface area contributed by atoms with E-state index >= 15 is 0 Å². The molecule has 7 heteroatoms. The second-order valence-corrected chi connectivity index (χ2v) is 6.54. The van der Waals surface area contributed by atoms with Crippen LogP contribution in [0.1, 0.15) is 16.7 Å². The lowest BCUT2D eigenvalue weighted by atomic mass is 9.81. The average molecular weight is 352 g/mol. The Morgan fingerprint density at radius 1 is 1.32 bits per heavy atom. The largest absolute Gasteiger partial charge is 0.573 e. The molecule has 0 spiro atoms. The quantitative estimate of drug-likeness (QED) is 0.919. The monoisotopic (exact) mass is 352 g/mol. The van der Waals surface area contributed by atoms with Crippen LogP contribution in [0.5, 0.6) is 5.75 Å². The van der Waals surface area contributed by atoms with E-state index in [0.717, 1.165) is 0 Å². The molecule has 4 nitrogen and oxygen atoms in total. The maximum atomic E-state index is 12.5. The number of alkyl halides is 3. The van der Waals surface area contributed by atoms with Gasteiger partial charge in [0.05, 0.1) is 0 Å². The topological polar surface area (TPSA) is 45.6 Å². The SMILES string of the molecule is CN(C)CC1Cc2cc(OC(F)(F)F)ccc2C1(O)c1cccnc1. The number of hydrogen-bond acceptors (Lipinski definition) is 4. The molecule has 1 aromatic heterocycles. The number of benzene rings is 1. The Balaban J connectivity index is 2.05. The Morgan fingerprint density at radius 3 is 2.68 bits per heavy atom. The zero-order valence-electron chi connectivity index (χ0n) is 13.9. The van der Waals surface area contributed by atoms with Crippen molar-refractivity contribution in [3.63, 3.8) is 0 Å². The molecule has 0 amide bonds. The molecule has 134 valence electrons. The molecule has 0 fully saturated rings. The van der Waals surface area contributed by atoms with Crippen molar-refractivity contribution in [1.82, 2.24) is 9.88 Å². The van der Waals surface area contributed by atoms with Gasteiger partial charge >= 0.3 is 6.36 Å². The van der Waals surface area contributed by atoms with Crippen molar-refractivity contribution in [3.05, 3.63) is 59.4 Å². The van der Waals surface area contributed by atoms with Crippen molar-refractivity contribution < 1.29 is 23.0 Å². The molecule has 1 N–H and O–H groups in total. The van der Waals surface area contributed by atoms with Crippen molar-refractivity contribution in [2.75, 3.05) is 20.6 Å². The fourth-order valence-corrected chi connectivity index (χ4v) is 3.56. The van der Waals surface area contributed by atoms with Gasteiger partial charge in [-0.1, -0.05) is 12.1 Å². The fraction of sp³-hybridized carbons (Fsp3) is 0.389. The van der Waals surface area contributed by atoms with Crippen LogP contribution in [0.2, 0.25) is 0 Å². The van der Waals surface area contributed by atoms with Crippen LogP contribution in [0.3, 0.4) is 0 Å². The summed E-state index contributed by atoms with van der Waals surface area (Å²) in [5.41, 5.74) is 0.580. The average Bonchev–Trinajstić information content (AvgIpc) is 2.79. The van der Waals surface area contributed by atoms with Crippen LogP contribution in [-0.2, 0) is 12.0 Å². The molecule has 3 rings (SSSR count). The van der Waals surface area contributed by atoms with E-state index in [9.17, 15) is 18.3 Å². The van der Waals surface area contributed by atoms with Crippen LogP contribution in [-0.4, -0.2) is 42.0 Å². The maximum absolute atomic E-state index is 12.5. The smallest absolute Gasteiger partial charge is 0.406 e. The molecule has 1 heterocycles. The summed E-state index contributed by atoms with van der Waals surface area (Å²) >= 11 is 0. The van der Waals surface area contributed by atoms with Crippen molar-refractivity contribution in [2.45, 2.75) is 18.4 Å². The normalized spacial score (nSPS) is 22.9. The first-order valence-corrected chi connectivity index (χ1v) is 7.87. The van der Waals surface area contributed by atoms with Crippen molar-refractivity contribution in [2.24, 2.45) is 5.92 Å². The minimum absolute atomic E-state index is 0.206. The van der Waals surface area contributed by atoms with E-state index in [0.29, 0.717) is 29.7 Å². The number of hydrogen-bond donors (Lipinski definition) is 1. The van der Waals surface area contributed by atoms with E-state index in [2.05, 4.69) is 9.72 Å². The summed E-state index contributed by atoms with van der Waals surface area (Å²) in [5, 5.41) is 11.5. The predicted molar refractivity (Wildman–Crippen MR) is 86.1 cm³/mol. The summed E-state index contributed by atoms with van der Waals surface area (Å²) in [6.07, 6.45) is -1.08. The fourth-order valence-electron chi connectivity index (χ4n) is 3.56. The van der Waals surface area contributed by atoms with Gasteiger partial charge in [0.2, 0.25) is 0 Å². The molecule has 0 saturated heterocycles. The Bertz CT molecular complexity index is 750. The Kier molecular flexibility index (Phi) is 4.47. The molecule has 0 saturated carbocycles. The zero-order valence-corrected chi connectivity index (χ0v) is 13.9. The highest BCUT2D eigenvalue weighted by molar-refractivity contribution is 5.49. The maximum Gasteiger partial charge on any atom is 0.573 e. The van der Waals surface area contributed by atoms with Gasteiger partial charge in [-0.25, -0.2) is 0 Å². The number of rotatable bonds is 4. The first-order chi connectivity index (χ1) is 11.7. The zero-order chi connectivity index (χ0) is 18.2. The second-order valence-electron chi connectivity index (χ2n) is 6.54. The highest BCUT2D eigenvalue weighted by Crippen LogP contribution is 2.47. The molecular formula is C18H19F3N2O2. The van der Waals surface area contributed by atoms with Crippen molar-refractivity contribution in [3.8, 4) is 5.75 Å². The highest BCUT2D eigenvalue weighted by Gasteiger charge is 2.47. The summed E-state index contributed by atoms with van der Waals surface area (Å²) in [7, 11) is 3.79. The third-order valence-electron chi connectivity index (χ3n) is 4.47. The molecule has 1 aliphatic rings.